The van der Waals surface area contributed by atoms with Crippen LogP contribution in [0.4, 0.5) is 0 Å². The Hall–Kier alpha value is -1.44. The highest BCUT2D eigenvalue weighted by Crippen LogP contribution is 2.20. The lowest BCUT2D eigenvalue weighted by Gasteiger charge is -2.32. The fraction of sp³-hybridized carbons (Fsp3) is 0.417. The summed E-state index contributed by atoms with van der Waals surface area (Å²) in [7, 11) is -3.59. The van der Waals surface area contributed by atoms with Gasteiger partial charge < -0.3 is 9.84 Å². The van der Waals surface area contributed by atoms with Crippen LogP contribution in [0.5, 0.6) is 0 Å². The lowest BCUT2D eigenvalue weighted by molar-refractivity contribution is 0.0393. The quantitative estimate of drug-likeness (QED) is 0.887. The van der Waals surface area contributed by atoms with Gasteiger partial charge >= 0.3 is 5.97 Å². The van der Waals surface area contributed by atoms with Gasteiger partial charge in [0, 0.05) is 12.6 Å². The predicted octanol–water partition coefficient (Wildman–Crippen LogP) is 0.794. The minimum atomic E-state index is -3.59. The molecule has 1 aromatic rings. The van der Waals surface area contributed by atoms with Crippen molar-refractivity contribution >= 4 is 16.0 Å². The van der Waals surface area contributed by atoms with Crippen LogP contribution in [0.15, 0.2) is 29.2 Å². The van der Waals surface area contributed by atoms with E-state index in [0.717, 1.165) is 0 Å². The lowest BCUT2D eigenvalue weighted by atomic mass is 10.2. The van der Waals surface area contributed by atoms with E-state index in [2.05, 4.69) is 0 Å². The first-order chi connectivity index (χ1) is 8.93. The number of benzene rings is 1. The molecule has 19 heavy (non-hydrogen) atoms. The van der Waals surface area contributed by atoms with Gasteiger partial charge in [0.15, 0.2) is 0 Å². The number of rotatable bonds is 3. The van der Waals surface area contributed by atoms with Gasteiger partial charge in [-0.1, -0.05) is 0 Å². The van der Waals surface area contributed by atoms with Gasteiger partial charge in [0.05, 0.1) is 23.7 Å². The van der Waals surface area contributed by atoms with Crippen LogP contribution in [0.1, 0.15) is 17.3 Å². The average molecular weight is 285 g/mol. The summed E-state index contributed by atoms with van der Waals surface area (Å²) in [4.78, 5) is 10.8. The number of morpholine rings is 1. The maximum atomic E-state index is 12.4. The zero-order valence-corrected chi connectivity index (χ0v) is 11.3. The Morgan fingerprint density at radius 1 is 1.37 bits per heavy atom. The molecule has 1 unspecified atom stereocenters. The third-order valence-electron chi connectivity index (χ3n) is 3.01. The Kier molecular flexibility index (Phi) is 3.88. The van der Waals surface area contributed by atoms with Gasteiger partial charge in [0.2, 0.25) is 10.0 Å². The maximum Gasteiger partial charge on any atom is 0.335 e. The van der Waals surface area contributed by atoms with E-state index in [1.807, 2.05) is 0 Å². The number of ether oxygens (including phenoxy) is 1. The number of nitrogens with zero attached hydrogens (tertiary/aromatic N) is 1. The number of carbonyl (C=O) groups is 1. The second-order valence-electron chi connectivity index (χ2n) is 4.37. The summed E-state index contributed by atoms with van der Waals surface area (Å²) < 4.78 is 31.4. The molecule has 1 N–H and O–H groups in total. The summed E-state index contributed by atoms with van der Waals surface area (Å²) in [5.74, 6) is -1.08. The molecule has 1 aliphatic rings. The minimum absolute atomic E-state index is 0.0639. The maximum absolute atomic E-state index is 12.4. The van der Waals surface area contributed by atoms with Crippen molar-refractivity contribution in [3.05, 3.63) is 29.8 Å². The molecule has 0 bridgehead atoms. The Morgan fingerprint density at radius 2 is 2.00 bits per heavy atom. The number of aromatic carboxylic acids is 1. The fourth-order valence-electron chi connectivity index (χ4n) is 1.97. The fourth-order valence-corrected chi connectivity index (χ4v) is 3.57. The van der Waals surface area contributed by atoms with E-state index in [1.165, 1.54) is 28.6 Å². The first-order valence-corrected chi connectivity index (χ1v) is 7.30. The van der Waals surface area contributed by atoms with E-state index in [0.29, 0.717) is 19.8 Å². The zero-order valence-electron chi connectivity index (χ0n) is 10.4. The van der Waals surface area contributed by atoms with Crippen molar-refractivity contribution in [2.24, 2.45) is 0 Å². The molecule has 2 rings (SSSR count). The minimum Gasteiger partial charge on any atom is -0.478 e. The van der Waals surface area contributed by atoms with E-state index in [9.17, 15) is 13.2 Å². The molecule has 0 spiro atoms. The molecule has 1 saturated heterocycles. The van der Waals surface area contributed by atoms with Crippen molar-refractivity contribution in [3.8, 4) is 0 Å². The Morgan fingerprint density at radius 3 is 2.53 bits per heavy atom. The number of carboxylic acids is 1. The van der Waals surface area contributed by atoms with Crippen LogP contribution in [-0.2, 0) is 14.8 Å². The van der Waals surface area contributed by atoms with Crippen molar-refractivity contribution in [2.45, 2.75) is 17.9 Å². The lowest BCUT2D eigenvalue weighted by Crippen LogP contribution is -2.46. The number of sulfonamides is 1. The zero-order chi connectivity index (χ0) is 14.0. The molecule has 104 valence electrons. The molecule has 0 aliphatic carbocycles. The summed E-state index contributed by atoms with van der Waals surface area (Å²) in [6.45, 7) is 2.83. The van der Waals surface area contributed by atoms with Crippen LogP contribution in [-0.4, -0.2) is 49.6 Å². The van der Waals surface area contributed by atoms with Crippen molar-refractivity contribution in [1.82, 2.24) is 4.31 Å². The normalized spacial score (nSPS) is 21.2. The van der Waals surface area contributed by atoms with Crippen LogP contribution < -0.4 is 0 Å². The first kappa shape index (κ1) is 14.0. The van der Waals surface area contributed by atoms with Crippen molar-refractivity contribution in [3.63, 3.8) is 0 Å². The number of hydrogen-bond donors (Lipinski definition) is 1. The summed E-state index contributed by atoms with van der Waals surface area (Å²) in [5, 5.41) is 8.79. The number of hydrogen-bond acceptors (Lipinski definition) is 4. The van der Waals surface area contributed by atoms with Crippen molar-refractivity contribution in [1.29, 1.82) is 0 Å². The van der Waals surface area contributed by atoms with Gasteiger partial charge in [-0.3, -0.25) is 0 Å². The predicted molar refractivity (Wildman–Crippen MR) is 67.6 cm³/mol. The van der Waals surface area contributed by atoms with E-state index >= 15 is 0 Å². The van der Waals surface area contributed by atoms with Crippen LogP contribution >= 0.6 is 0 Å². The molecule has 1 aliphatic heterocycles. The molecular formula is C12H15NO5S. The third-order valence-corrected chi connectivity index (χ3v) is 5.04. The molecular weight excluding hydrogens is 270 g/mol. The van der Waals surface area contributed by atoms with Gasteiger partial charge in [-0.15, -0.1) is 0 Å². The summed E-state index contributed by atoms with van der Waals surface area (Å²) >= 11 is 0. The Labute approximate surface area is 111 Å². The van der Waals surface area contributed by atoms with Crippen LogP contribution in [0.3, 0.4) is 0 Å². The van der Waals surface area contributed by atoms with E-state index in [1.54, 1.807) is 6.92 Å². The van der Waals surface area contributed by atoms with Gasteiger partial charge in [0.25, 0.3) is 0 Å². The standard InChI is InChI=1S/C12H15NO5S/c1-9-8-18-7-6-13(9)19(16,17)11-4-2-10(3-5-11)12(14)15/h2-5,9H,6-8H2,1H3,(H,14,15). The Bertz CT molecular complexity index is 566. The SMILES string of the molecule is CC1COCCN1S(=O)(=O)c1ccc(C(=O)O)cc1. The van der Waals surface area contributed by atoms with Gasteiger partial charge in [-0.25, -0.2) is 13.2 Å². The molecule has 6 nitrogen and oxygen atoms in total. The highest BCUT2D eigenvalue weighted by atomic mass is 32.2. The average Bonchev–Trinajstić information content (AvgIpc) is 2.39. The molecule has 0 aromatic heterocycles. The second-order valence-corrected chi connectivity index (χ2v) is 6.26. The Balaban J connectivity index is 2.30. The van der Waals surface area contributed by atoms with E-state index in [-0.39, 0.29) is 16.5 Å². The smallest absolute Gasteiger partial charge is 0.335 e. The molecule has 0 saturated carbocycles. The molecule has 0 radical (unpaired) electrons. The number of carboxylic acid groups (broad SMARTS) is 1. The summed E-state index contributed by atoms with van der Waals surface area (Å²) in [6, 6.07) is 5.00. The van der Waals surface area contributed by atoms with Crippen molar-refractivity contribution in [2.75, 3.05) is 19.8 Å². The van der Waals surface area contributed by atoms with Crippen LogP contribution in [0, 0.1) is 0 Å². The van der Waals surface area contributed by atoms with Gasteiger partial charge in [-0.05, 0) is 31.2 Å². The molecule has 1 atom stereocenters. The molecule has 1 fully saturated rings. The van der Waals surface area contributed by atoms with Gasteiger partial charge in [-0.2, -0.15) is 4.31 Å². The molecule has 1 heterocycles. The van der Waals surface area contributed by atoms with E-state index in [4.69, 9.17) is 9.84 Å². The van der Waals surface area contributed by atoms with Crippen molar-refractivity contribution < 1.29 is 23.1 Å². The third kappa shape index (κ3) is 2.78. The molecule has 0 amide bonds. The summed E-state index contributed by atoms with van der Waals surface area (Å²) in [6.07, 6.45) is 0. The highest BCUT2D eigenvalue weighted by Gasteiger charge is 2.31. The van der Waals surface area contributed by atoms with Crippen LogP contribution in [0.2, 0.25) is 0 Å². The second kappa shape index (κ2) is 5.28. The van der Waals surface area contributed by atoms with Gasteiger partial charge in [0.1, 0.15) is 0 Å². The van der Waals surface area contributed by atoms with E-state index < -0.39 is 16.0 Å². The molecule has 1 aromatic carbocycles. The van der Waals surface area contributed by atoms with Crippen LogP contribution in [0.25, 0.3) is 0 Å². The first-order valence-electron chi connectivity index (χ1n) is 5.86. The monoisotopic (exact) mass is 285 g/mol. The highest BCUT2D eigenvalue weighted by molar-refractivity contribution is 7.89. The summed E-state index contributed by atoms with van der Waals surface area (Å²) in [5.41, 5.74) is 0.0639. The molecule has 7 heteroatoms. The largest absolute Gasteiger partial charge is 0.478 e. The topological polar surface area (TPSA) is 83.9 Å².